The van der Waals surface area contributed by atoms with Gasteiger partial charge in [-0.15, -0.1) is 0 Å². The van der Waals surface area contributed by atoms with Crippen molar-refractivity contribution in [3.05, 3.63) is 23.7 Å². The maximum atomic E-state index is 12.5. The first-order chi connectivity index (χ1) is 8.87. The molecule has 2 amide bonds. The Kier molecular flexibility index (Phi) is 3.39. The Bertz CT molecular complexity index is 509. The first-order valence-corrected chi connectivity index (χ1v) is 6.56. The van der Waals surface area contributed by atoms with Gasteiger partial charge in [-0.3, -0.25) is 9.59 Å². The van der Waals surface area contributed by atoms with E-state index in [1.807, 2.05) is 32.9 Å². The van der Waals surface area contributed by atoms with Gasteiger partial charge in [-0.25, -0.2) is 0 Å². The highest BCUT2D eigenvalue weighted by atomic mass is 16.3. The lowest BCUT2D eigenvalue weighted by Gasteiger charge is -2.41. The van der Waals surface area contributed by atoms with Crippen LogP contribution >= 0.6 is 0 Å². The van der Waals surface area contributed by atoms with Gasteiger partial charge in [-0.05, 0) is 39.3 Å². The first kappa shape index (κ1) is 13.6. The van der Waals surface area contributed by atoms with E-state index < -0.39 is 5.54 Å². The van der Waals surface area contributed by atoms with E-state index in [-0.39, 0.29) is 24.4 Å². The molecule has 0 radical (unpaired) electrons. The number of carbonyl (C=O) groups excluding carboxylic acids is 2. The van der Waals surface area contributed by atoms with E-state index in [1.54, 1.807) is 11.8 Å². The molecule has 0 spiro atoms. The summed E-state index contributed by atoms with van der Waals surface area (Å²) in [6, 6.07) is 3.47. The van der Waals surface area contributed by atoms with Gasteiger partial charge in [-0.2, -0.15) is 0 Å². The lowest BCUT2D eigenvalue weighted by Crippen LogP contribution is -2.65. The van der Waals surface area contributed by atoms with Crippen molar-refractivity contribution in [1.82, 2.24) is 10.2 Å². The molecule has 1 fully saturated rings. The second-order valence-corrected chi connectivity index (χ2v) is 5.29. The van der Waals surface area contributed by atoms with E-state index >= 15 is 0 Å². The van der Waals surface area contributed by atoms with Crippen LogP contribution in [0.4, 0.5) is 0 Å². The molecule has 5 heteroatoms. The maximum Gasteiger partial charge on any atom is 0.249 e. The van der Waals surface area contributed by atoms with E-state index in [2.05, 4.69) is 5.32 Å². The van der Waals surface area contributed by atoms with Crippen molar-refractivity contribution in [2.75, 3.05) is 6.54 Å². The zero-order valence-electron chi connectivity index (χ0n) is 11.8. The first-order valence-electron chi connectivity index (χ1n) is 6.56. The van der Waals surface area contributed by atoms with Gasteiger partial charge < -0.3 is 14.6 Å². The van der Waals surface area contributed by atoms with Gasteiger partial charge in [0.05, 0.1) is 6.04 Å². The molecule has 0 bridgehead atoms. The molecule has 2 atom stereocenters. The van der Waals surface area contributed by atoms with Crippen LogP contribution in [-0.2, 0) is 9.59 Å². The van der Waals surface area contributed by atoms with Crippen LogP contribution in [0, 0.1) is 6.92 Å². The fourth-order valence-electron chi connectivity index (χ4n) is 2.33. The highest BCUT2D eigenvalue weighted by Gasteiger charge is 2.43. The monoisotopic (exact) mass is 264 g/mol. The predicted octanol–water partition coefficient (Wildman–Crippen LogP) is 1.78. The summed E-state index contributed by atoms with van der Waals surface area (Å²) < 4.78 is 5.56. The minimum Gasteiger partial charge on any atom is -0.464 e. The van der Waals surface area contributed by atoms with Gasteiger partial charge in [0.1, 0.15) is 23.6 Å². The molecule has 5 nitrogen and oxygen atoms in total. The highest BCUT2D eigenvalue weighted by molar-refractivity contribution is 5.97. The summed E-state index contributed by atoms with van der Waals surface area (Å²) in [5.74, 6) is 1.32. The Balaban J connectivity index is 2.28. The normalized spacial score (nSPS) is 25.4. The summed E-state index contributed by atoms with van der Waals surface area (Å²) in [5.41, 5.74) is -0.814. The third-order valence-electron chi connectivity index (χ3n) is 3.81. The number of amides is 2. The zero-order chi connectivity index (χ0) is 14.2. The van der Waals surface area contributed by atoms with Gasteiger partial charge in [0.25, 0.3) is 0 Å². The molecule has 1 aromatic heterocycles. The number of piperazine rings is 1. The van der Waals surface area contributed by atoms with Crippen molar-refractivity contribution in [2.45, 2.75) is 45.7 Å². The summed E-state index contributed by atoms with van der Waals surface area (Å²) in [6.45, 7) is 7.47. The molecule has 1 aliphatic rings. The van der Waals surface area contributed by atoms with Crippen LogP contribution in [0.1, 0.15) is 44.8 Å². The van der Waals surface area contributed by atoms with Gasteiger partial charge in [-0.1, -0.05) is 6.92 Å². The minimum atomic E-state index is -0.814. The van der Waals surface area contributed by atoms with Crippen LogP contribution in [0.3, 0.4) is 0 Å². The summed E-state index contributed by atoms with van der Waals surface area (Å²) in [6.07, 6.45) is 0.567. The van der Waals surface area contributed by atoms with Gasteiger partial charge in [0, 0.05) is 0 Å². The standard InChI is InChI=1S/C14H20N2O3/c1-5-14(4)13(18)16(8-12(17)15-14)10(3)11-7-6-9(2)19-11/h6-7,10H,5,8H2,1-4H3,(H,15,17). The fraction of sp³-hybridized carbons (Fsp3) is 0.571. The third-order valence-corrected chi connectivity index (χ3v) is 3.81. The van der Waals surface area contributed by atoms with Crippen LogP contribution < -0.4 is 5.32 Å². The van der Waals surface area contributed by atoms with Crippen LogP contribution in [0.2, 0.25) is 0 Å². The Labute approximate surface area is 113 Å². The second-order valence-electron chi connectivity index (χ2n) is 5.29. The summed E-state index contributed by atoms with van der Waals surface area (Å²) >= 11 is 0. The number of nitrogens with one attached hydrogen (secondary N) is 1. The SMILES string of the molecule is CCC1(C)NC(=O)CN(C(C)c2ccc(C)o2)C1=O. The van der Waals surface area contributed by atoms with Crippen molar-refractivity contribution >= 4 is 11.8 Å². The Morgan fingerprint density at radius 2 is 2.16 bits per heavy atom. The molecule has 104 valence electrons. The quantitative estimate of drug-likeness (QED) is 0.905. The maximum absolute atomic E-state index is 12.5. The van der Waals surface area contributed by atoms with Gasteiger partial charge >= 0.3 is 0 Å². The number of rotatable bonds is 3. The average Bonchev–Trinajstić information content (AvgIpc) is 2.79. The average molecular weight is 264 g/mol. The van der Waals surface area contributed by atoms with Crippen molar-refractivity contribution in [3.63, 3.8) is 0 Å². The molecule has 0 aromatic carbocycles. The number of nitrogens with zero attached hydrogens (tertiary/aromatic N) is 1. The molecular weight excluding hydrogens is 244 g/mol. The van der Waals surface area contributed by atoms with E-state index in [4.69, 9.17) is 4.42 Å². The van der Waals surface area contributed by atoms with Gasteiger partial charge in [0.2, 0.25) is 11.8 Å². The topological polar surface area (TPSA) is 62.6 Å². The second kappa shape index (κ2) is 4.72. The molecule has 0 aliphatic carbocycles. The third kappa shape index (κ3) is 2.37. The Hall–Kier alpha value is -1.78. The number of carbonyl (C=O) groups is 2. The molecule has 19 heavy (non-hydrogen) atoms. The van der Waals surface area contributed by atoms with E-state index in [0.29, 0.717) is 12.2 Å². The number of aryl methyl sites for hydroxylation is 1. The van der Waals surface area contributed by atoms with Crippen molar-refractivity contribution < 1.29 is 14.0 Å². The van der Waals surface area contributed by atoms with Crippen LogP contribution in [0.5, 0.6) is 0 Å². The highest BCUT2D eigenvalue weighted by Crippen LogP contribution is 2.28. The van der Waals surface area contributed by atoms with Crippen LogP contribution in [0.15, 0.2) is 16.5 Å². The Morgan fingerprint density at radius 1 is 1.47 bits per heavy atom. The molecule has 2 heterocycles. The minimum absolute atomic E-state index is 0.0591. The molecule has 1 aromatic rings. The smallest absolute Gasteiger partial charge is 0.249 e. The summed E-state index contributed by atoms with van der Waals surface area (Å²) in [7, 11) is 0. The number of furan rings is 1. The van der Waals surface area contributed by atoms with E-state index in [1.165, 1.54) is 0 Å². The molecule has 1 saturated heterocycles. The predicted molar refractivity (Wildman–Crippen MR) is 70.4 cm³/mol. The molecule has 0 saturated carbocycles. The fourth-order valence-corrected chi connectivity index (χ4v) is 2.33. The van der Waals surface area contributed by atoms with Gasteiger partial charge in [0.15, 0.2) is 0 Å². The van der Waals surface area contributed by atoms with E-state index in [9.17, 15) is 9.59 Å². The summed E-state index contributed by atoms with van der Waals surface area (Å²) in [5, 5.41) is 2.77. The van der Waals surface area contributed by atoms with Crippen LogP contribution in [0.25, 0.3) is 0 Å². The van der Waals surface area contributed by atoms with Crippen molar-refractivity contribution in [2.24, 2.45) is 0 Å². The molecule has 1 aliphatic heterocycles. The Morgan fingerprint density at radius 3 is 2.68 bits per heavy atom. The largest absolute Gasteiger partial charge is 0.464 e. The molecule has 2 rings (SSSR count). The number of hydrogen-bond acceptors (Lipinski definition) is 3. The molecule has 1 N–H and O–H groups in total. The summed E-state index contributed by atoms with van der Waals surface area (Å²) in [4.78, 5) is 25.9. The van der Waals surface area contributed by atoms with Crippen LogP contribution in [-0.4, -0.2) is 28.8 Å². The number of hydrogen-bond donors (Lipinski definition) is 1. The molecule has 2 unspecified atom stereocenters. The van der Waals surface area contributed by atoms with E-state index in [0.717, 1.165) is 5.76 Å². The molecular formula is C14H20N2O3. The lowest BCUT2D eigenvalue weighted by atomic mass is 9.93. The van der Waals surface area contributed by atoms with Crippen molar-refractivity contribution in [3.8, 4) is 0 Å². The lowest BCUT2D eigenvalue weighted by molar-refractivity contribution is -0.152. The zero-order valence-corrected chi connectivity index (χ0v) is 11.8. The van der Waals surface area contributed by atoms with Crippen molar-refractivity contribution in [1.29, 1.82) is 0 Å².